The number of rotatable bonds is 3. The molecule has 2 heterocycles. The molecular formula is C18H32F3N3O2S. The molecule has 0 amide bonds. The summed E-state index contributed by atoms with van der Waals surface area (Å²) in [5.74, 6) is -1.10. The second kappa shape index (κ2) is 8.16. The van der Waals surface area contributed by atoms with Crippen molar-refractivity contribution in [2.75, 3.05) is 46.3 Å². The van der Waals surface area contributed by atoms with Gasteiger partial charge in [0.25, 0.3) is 0 Å². The maximum atomic E-state index is 13.0. The first kappa shape index (κ1) is 21.3. The maximum absolute atomic E-state index is 13.0. The second-order valence-electron chi connectivity index (χ2n) is 8.59. The number of sulfonamides is 1. The summed E-state index contributed by atoms with van der Waals surface area (Å²) in [4.78, 5) is 4.78. The van der Waals surface area contributed by atoms with Crippen LogP contribution in [0.2, 0.25) is 0 Å². The van der Waals surface area contributed by atoms with Crippen LogP contribution in [0.1, 0.15) is 39.0 Å². The van der Waals surface area contributed by atoms with Crippen molar-refractivity contribution < 1.29 is 21.6 Å². The van der Waals surface area contributed by atoms with Crippen molar-refractivity contribution >= 4 is 10.0 Å². The van der Waals surface area contributed by atoms with Crippen molar-refractivity contribution in [3.63, 3.8) is 0 Å². The van der Waals surface area contributed by atoms with Crippen molar-refractivity contribution in [1.82, 2.24) is 14.1 Å². The zero-order chi connectivity index (χ0) is 19.8. The SMILES string of the molecule is CC1CN(S(=O)(=O)C2CCC(C(F)(F)F)CC2)CCC1N1CCN(C)CC1. The highest BCUT2D eigenvalue weighted by Gasteiger charge is 2.45. The van der Waals surface area contributed by atoms with Gasteiger partial charge in [-0.2, -0.15) is 13.2 Å². The Bertz CT molecular complexity index is 597. The maximum Gasteiger partial charge on any atom is 0.391 e. The van der Waals surface area contributed by atoms with Crippen LogP contribution >= 0.6 is 0 Å². The molecule has 3 aliphatic rings. The molecule has 9 heteroatoms. The molecule has 158 valence electrons. The summed E-state index contributed by atoms with van der Waals surface area (Å²) in [5.41, 5.74) is 0. The molecule has 2 saturated heterocycles. The summed E-state index contributed by atoms with van der Waals surface area (Å²) in [6.45, 7) is 7.17. The van der Waals surface area contributed by atoms with Gasteiger partial charge in [0.1, 0.15) is 0 Å². The topological polar surface area (TPSA) is 43.9 Å². The fourth-order valence-electron chi connectivity index (χ4n) is 4.92. The second-order valence-corrected chi connectivity index (χ2v) is 10.8. The normalized spacial score (nSPS) is 36.0. The molecule has 3 fully saturated rings. The molecule has 3 rings (SSSR count). The molecule has 0 bridgehead atoms. The molecule has 2 unspecified atom stereocenters. The Balaban J connectivity index is 1.56. The zero-order valence-electron chi connectivity index (χ0n) is 16.3. The minimum Gasteiger partial charge on any atom is -0.304 e. The van der Waals surface area contributed by atoms with Gasteiger partial charge in [-0.3, -0.25) is 4.90 Å². The van der Waals surface area contributed by atoms with Crippen molar-refractivity contribution in [2.24, 2.45) is 11.8 Å². The Morgan fingerprint density at radius 1 is 0.889 bits per heavy atom. The summed E-state index contributed by atoms with van der Waals surface area (Å²) in [6, 6.07) is 0.395. The van der Waals surface area contributed by atoms with Crippen molar-refractivity contribution in [3.8, 4) is 0 Å². The summed E-state index contributed by atoms with van der Waals surface area (Å²) in [6.07, 6.45) is -3.29. The molecule has 0 aromatic heterocycles. The molecule has 0 N–H and O–H groups in total. The summed E-state index contributed by atoms with van der Waals surface area (Å²) < 4.78 is 66.1. The van der Waals surface area contributed by atoms with Crippen LogP contribution in [-0.4, -0.2) is 86.3 Å². The lowest BCUT2D eigenvalue weighted by Crippen LogP contribution is -2.57. The fourth-order valence-corrected chi connectivity index (χ4v) is 7.01. The quantitative estimate of drug-likeness (QED) is 0.715. The van der Waals surface area contributed by atoms with Crippen LogP contribution in [0.25, 0.3) is 0 Å². The molecule has 0 aromatic carbocycles. The van der Waals surface area contributed by atoms with Crippen molar-refractivity contribution in [1.29, 1.82) is 0 Å². The third kappa shape index (κ3) is 4.79. The van der Waals surface area contributed by atoms with E-state index in [1.807, 2.05) is 0 Å². The fraction of sp³-hybridized carbons (Fsp3) is 1.00. The van der Waals surface area contributed by atoms with Crippen LogP contribution < -0.4 is 0 Å². The molecule has 0 radical (unpaired) electrons. The minimum absolute atomic E-state index is 0.0687. The molecule has 5 nitrogen and oxygen atoms in total. The van der Waals surface area contributed by atoms with E-state index in [0.717, 1.165) is 32.6 Å². The number of piperidine rings is 1. The first-order valence-corrected chi connectivity index (χ1v) is 11.6. The Labute approximate surface area is 160 Å². The molecule has 2 aliphatic heterocycles. The largest absolute Gasteiger partial charge is 0.391 e. The van der Waals surface area contributed by atoms with Crippen LogP contribution in [0.15, 0.2) is 0 Å². The predicted molar refractivity (Wildman–Crippen MR) is 98.9 cm³/mol. The van der Waals surface area contributed by atoms with Crippen LogP contribution in [0.4, 0.5) is 13.2 Å². The van der Waals surface area contributed by atoms with Crippen LogP contribution in [0, 0.1) is 11.8 Å². The highest BCUT2D eigenvalue weighted by Crippen LogP contribution is 2.40. The lowest BCUT2D eigenvalue weighted by atomic mass is 9.88. The Morgan fingerprint density at radius 3 is 2.00 bits per heavy atom. The van der Waals surface area contributed by atoms with Crippen LogP contribution in [-0.2, 0) is 10.0 Å². The third-order valence-corrected chi connectivity index (χ3v) is 9.11. The zero-order valence-corrected chi connectivity index (χ0v) is 17.1. The van der Waals surface area contributed by atoms with Gasteiger partial charge in [0.05, 0.1) is 11.2 Å². The van der Waals surface area contributed by atoms with Crippen molar-refractivity contribution in [3.05, 3.63) is 0 Å². The van der Waals surface area contributed by atoms with Crippen LogP contribution in [0.5, 0.6) is 0 Å². The molecule has 0 spiro atoms. The van der Waals surface area contributed by atoms with E-state index in [2.05, 4.69) is 23.8 Å². The lowest BCUT2D eigenvalue weighted by molar-refractivity contribution is -0.181. The first-order chi connectivity index (χ1) is 12.6. The number of halogens is 3. The monoisotopic (exact) mass is 411 g/mol. The van der Waals surface area contributed by atoms with Gasteiger partial charge in [0.2, 0.25) is 10.0 Å². The Kier molecular flexibility index (Phi) is 6.45. The molecule has 27 heavy (non-hydrogen) atoms. The van der Waals surface area contributed by atoms with E-state index in [4.69, 9.17) is 0 Å². The van der Waals surface area contributed by atoms with Gasteiger partial charge >= 0.3 is 6.18 Å². The van der Waals surface area contributed by atoms with Gasteiger partial charge in [0.15, 0.2) is 0 Å². The lowest BCUT2D eigenvalue weighted by Gasteiger charge is -2.45. The summed E-state index contributed by atoms with van der Waals surface area (Å²) in [7, 11) is -1.40. The van der Waals surface area contributed by atoms with Gasteiger partial charge in [-0.25, -0.2) is 12.7 Å². The average molecular weight is 412 g/mol. The van der Waals surface area contributed by atoms with Crippen LogP contribution in [0.3, 0.4) is 0 Å². The van der Waals surface area contributed by atoms with Gasteiger partial charge in [0, 0.05) is 45.3 Å². The van der Waals surface area contributed by atoms with E-state index in [-0.39, 0.29) is 31.6 Å². The molecule has 2 atom stereocenters. The van der Waals surface area contributed by atoms with Crippen molar-refractivity contribution in [2.45, 2.75) is 56.5 Å². The minimum atomic E-state index is -4.20. The summed E-state index contributed by atoms with van der Waals surface area (Å²) >= 11 is 0. The average Bonchev–Trinajstić information content (AvgIpc) is 2.62. The van der Waals surface area contributed by atoms with Gasteiger partial charge in [-0.05, 0) is 45.1 Å². The number of hydrogen-bond donors (Lipinski definition) is 0. The highest BCUT2D eigenvalue weighted by molar-refractivity contribution is 7.89. The molecule has 0 aromatic rings. The summed E-state index contributed by atoms with van der Waals surface area (Å²) in [5, 5.41) is -0.650. The van der Waals surface area contributed by atoms with Gasteiger partial charge in [-0.15, -0.1) is 0 Å². The van der Waals surface area contributed by atoms with E-state index in [9.17, 15) is 21.6 Å². The van der Waals surface area contributed by atoms with E-state index in [0.29, 0.717) is 19.1 Å². The van der Waals surface area contributed by atoms with E-state index in [1.54, 1.807) is 4.31 Å². The van der Waals surface area contributed by atoms with E-state index in [1.165, 1.54) is 0 Å². The number of hydrogen-bond acceptors (Lipinski definition) is 4. The highest BCUT2D eigenvalue weighted by atomic mass is 32.2. The number of likely N-dealkylation sites (N-methyl/N-ethyl adjacent to an activating group) is 1. The van der Waals surface area contributed by atoms with E-state index < -0.39 is 27.4 Å². The first-order valence-electron chi connectivity index (χ1n) is 10.1. The smallest absolute Gasteiger partial charge is 0.304 e. The molecule has 1 saturated carbocycles. The van der Waals surface area contributed by atoms with Gasteiger partial charge in [-0.1, -0.05) is 6.92 Å². The Morgan fingerprint density at radius 2 is 1.48 bits per heavy atom. The number of nitrogens with zero attached hydrogens (tertiary/aromatic N) is 3. The number of piperazine rings is 1. The third-order valence-electron chi connectivity index (χ3n) is 6.75. The Hall–Kier alpha value is -0.380. The standard InChI is InChI=1S/C18H32F3N3O2S/c1-14-13-24(8-7-17(14)23-11-9-22(2)10-12-23)27(25,26)16-5-3-15(4-6-16)18(19,20)21/h14-17H,3-13H2,1-2H3. The number of alkyl halides is 3. The van der Waals surface area contributed by atoms with Gasteiger partial charge < -0.3 is 4.90 Å². The molecular weight excluding hydrogens is 379 g/mol. The molecule has 1 aliphatic carbocycles. The predicted octanol–water partition coefficient (Wildman–Crippen LogP) is 2.40. The van der Waals surface area contributed by atoms with E-state index >= 15 is 0 Å².